The van der Waals surface area contributed by atoms with Crippen LogP contribution >= 0.6 is 11.6 Å². The molecular weight excluding hydrogens is 358 g/mol. The molecule has 4 aliphatic rings. The van der Waals surface area contributed by atoms with E-state index in [0.29, 0.717) is 22.5 Å². The molecule has 0 radical (unpaired) electrons. The Morgan fingerprint density at radius 3 is 2.44 bits per heavy atom. The molecule has 148 valence electrons. The van der Waals surface area contributed by atoms with Crippen LogP contribution in [0.1, 0.15) is 60.9 Å². The minimum Gasteiger partial charge on any atom is -0.351 e. The molecule has 0 heterocycles. The average Bonchev–Trinajstić information content (AvgIpc) is 2.63. The van der Waals surface area contributed by atoms with Crippen molar-refractivity contribution in [2.24, 2.45) is 28.9 Å². The summed E-state index contributed by atoms with van der Waals surface area (Å²) in [5, 5.41) is 7.13. The van der Waals surface area contributed by atoms with Crippen molar-refractivity contribution in [2.45, 2.75) is 51.5 Å². The number of carbonyl (C=O) groups is 1. The largest absolute Gasteiger partial charge is 0.351 e. The summed E-state index contributed by atoms with van der Waals surface area (Å²) in [5.74, 6) is 2.68. The predicted octanol–water partition coefficient (Wildman–Crippen LogP) is 3.72. The molecule has 0 aromatic heterocycles. The van der Waals surface area contributed by atoms with Crippen molar-refractivity contribution < 1.29 is 4.79 Å². The maximum atomic E-state index is 12.9. The molecule has 0 saturated heterocycles. The fourth-order valence-corrected chi connectivity index (χ4v) is 6.39. The van der Waals surface area contributed by atoms with Gasteiger partial charge < -0.3 is 16.4 Å². The molecule has 27 heavy (non-hydrogen) atoms. The van der Waals surface area contributed by atoms with Crippen LogP contribution in [-0.2, 0) is 6.54 Å². The first-order valence-electron chi connectivity index (χ1n) is 10.5. The molecule has 4 fully saturated rings. The number of halogens is 1. The minimum absolute atomic E-state index is 0.0282. The molecule has 0 unspecified atom stereocenters. The lowest BCUT2D eigenvalue weighted by molar-refractivity contribution is -0.0503. The van der Waals surface area contributed by atoms with Crippen LogP contribution in [0.15, 0.2) is 18.2 Å². The standard InChI is InChI=1S/C22H32ClN3O/c23-20-3-2-15(13-25-5-1-4-24)9-19(20)21(27)26-14-22-10-16-6-17(11-22)8-18(7-16)12-22/h2-3,9,16-18,25H,1,4-8,10-14,24H2,(H,26,27). The number of amides is 1. The molecule has 4 nitrogen and oxygen atoms in total. The highest BCUT2D eigenvalue weighted by Crippen LogP contribution is 2.59. The third-order valence-corrected chi connectivity index (χ3v) is 7.28. The van der Waals surface area contributed by atoms with E-state index in [1.165, 1.54) is 38.5 Å². The fourth-order valence-electron chi connectivity index (χ4n) is 6.19. The van der Waals surface area contributed by atoms with E-state index in [1.54, 1.807) is 0 Å². The van der Waals surface area contributed by atoms with Gasteiger partial charge in [0.05, 0.1) is 10.6 Å². The van der Waals surface area contributed by atoms with Crippen LogP contribution in [0.2, 0.25) is 5.02 Å². The highest BCUT2D eigenvalue weighted by Gasteiger charge is 2.50. The molecule has 0 atom stereocenters. The van der Waals surface area contributed by atoms with Crippen molar-refractivity contribution in [3.8, 4) is 0 Å². The summed E-state index contributed by atoms with van der Waals surface area (Å²) >= 11 is 6.33. The van der Waals surface area contributed by atoms with Crippen LogP contribution in [0.25, 0.3) is 0 Å². The summed E-state index contributed by atoms with van der Waals surface area (Å²) in [4.78, 5) is 12.9. The van der Waals surface area contributed by atoms with Crippen LogP contribution in [0.5, 0.6) is 0 Å². The normalized spacial score (nSPS) is 31.3. The predicted molar refractivity (Wildman–Crippen MR) is 110 cm³/mol. The molecule has 0 spiro atoms. The van der Waals surface area contributed by atoms with Crippen molar-refractivity contribution in [1.29, 1.82) is 0 Å². The van der Waals surface area contributed by atoms with E-state index in [-0.39, 0.29) is 5.91 Å². The van der Waals surface area contributed by atoms with Gasteiger partial charge in [0.15, 0.2) is 0 Å². The average molecular weight is 390 g/mol. The van der Waals surface area contributed by atoms with Crippen LogP contribution in [0.4, 0.5) is 0 Å². The number of nitrogens with two attached hydrogens (primary N) is 1. The van der Waals surface area contributed by atoms with E-state index in [0.717, 1.165) is 49.4 Å². The van der Waals surface area contributed by atoms with E-state index in [2.05, 4.69) is 10.6 Å². The molecule has 0 aliphatic heterocycles. The minimum atomic E-state index is -0.0282. The number of nitrogens with one attached hydrogen (secondary N) is 2. The lowest BCUT2D eigenvalue weighted by Gasteiger charge is -2.56. The van der Waals surface area contributed by atoms with E-state index in [1.807, 2.05) is 18.2 Å². The summed E-state index contributed by atoms with van der Waals surface area (Å²) in [5.41, 5.74) is 7.54. The maximum absolute atomic E-state index is 12.9. The first kappa shape index (κ1) is 19.2. The molecule has 4 saturated carbocycles. The Kier molecular flexibility index (Phi) is 5.77. The third kappa shape index (κ3) is 4.33. The summed E-state index contributed by atoms with van der Waals surface area (Å²) in [6.45, 7) is 3.11. The molecule has 1 aromatic rings. The van der Waals surface area contributed by atoms with Gasteiger partial charge in [-0.3, -0.25) is 4.79 Å². The number of benzene rings is 1. The van der Waals surface area contributed by atoms with Crippen LogP contribution < -0.4 is 16.4 Å². The molecular formula is C22H32ClN3O. The van der Waals surface area contributed by atoms with Gasteiger partial charge in [-0.25, -0.2) is 0 Å². The lowest BCUT2D eigenvalue weighted by Crippen LogP contribution is -2.51. The van der Waals surface area contributed by atoms with Crippen molar-refractivity contribution in [2.75, 3.05) is 19.6 Å². The van der Waals surface area contributed by atoms with Gasteiger partial charge in [0.1, 0.15) is 0 Å². The monoisotopic (exact) mass is 389 g/mol. The maximum Gasteiger partial charge on any atom is 0.252 e. The number of rotatable bonds is 8. The van der Waals surface area contributed by atoms with E-state index < -0.39 is 0 Å². The highest BCUT2D eigenvalue weighted by molar-refractivity contribution is 6.33. The van der Waals surface area contributed by atoms with Crippen LogP contribution in [0, 0.1) is 23.2 Å². The van der Waals surface area contributed by atoms with Gasteiger partial charge in [-0.1, -0.05) is 17.7 Å². The van der Waals surface area contributed by atoms with Crippen molar-refractivity contribution in [3.63, 3.8) is 0 Å². The highest BCUT2D eigenvalue weighted by atomic mass is 35.5. The van der Waals surface area contributed by atoms with Gasteiger partial charge >= 0.3 is 0 Å². The first-order valence-corrected chi connectivity index (χ1v) is 10.9. The quantitative estimate of drug-likeness (QED) is 0.593. The Morgan fingerprint density at radius 2 is 1.81 bits per heavy atom. The molecule has 4 N–H and O–H groups in total. The number of hydrogen-bond acceptors (Lipinski definition) is 3. The molecule has 1 amide bonds. The summed E-state index contributed by atoms with van der Waals surface area (Å²) in [6.07, 6.45) is 9.15. The first-order chi connectivity index (χ1) is 13.1. The van der Waals surface area contributed by atoms with E-state index in [9.17, 15) is 4.79 Å². The molecule has 4 aliphatic carbocycles. The van der Waals surface area contributed by atoms with Gasteiger partial charge in [-0.15, -0.1) is 0 Å². The van der Waals surface area contributed by atoms with Crippen molar-refractivity contribution >= 4 is 17.5 Å². The molecule has 1 aromatic carbocycles. The van der Waals surface area contributed by atoms with Crippen molar-refractivity contribution in [1.82, 2.24) is 10.6 Å². The second-order valence-corrected chi connectivity index (χ2v) is 9.64. The second kappa shape index (κ2) is 8.10. The summed E-state index contributed by atoms with van der Waals surface area (Å²) < 4.78 is 0. The molecule has 4 bridgehead atoms. The molecule has 5 rings (SSSR count). The Bertz CT molecular complexity index is 655. The Hall–Kier alpha value is -1.10. The fraction of sp³-hybridized carbons (Fsp3) is 0.682. The molecule has 5 heteroatoms. The zero-order valence-corrected chi connectivity index (χ0v) is 16.9. The van der Waals surface area contributed by atoms with E-state index in [4.69, 9.17) is 17.3 Å². The Morgan fingerprint density at radius 1 is 1.15 bits per heavy atom. The number of carbonyl (C=O) groups excluding carboxylic acids is 1. The van der Waals surface area contributed by atoms with E-state index >= 15 is 0 Å². The van der Waals surface area contributed by atoms with Gasteiger partial charge in [0.25, 0.3) is 5.91 Å². The smallest absolute Gasteiger partial charge is 0.252 e. The Balaban J connectivity index is 1.37. The third-order valence-electron chi connectivity index (χ3n) is 6.95. The van der Waals surface area contributed by atoms with Gasteiger partial charge in [-0.05, 0) is 98.9 Å². The summed E-state index contributed by atoms with van der Waals surface area (Å²) in [6, 6.07) is 5.74. The second-order valence-electron chi connectivity index (χ2n) is 9.23. The van der Waals surface area contributed by atoms with Crippen molar-refractivity contribution in [3.05, 3.63) is 34.3 Å². The summed E-state index contributed by atoms with van der Waals surface area (Å²) in [7, 11) is 0. The van der Waals surface area contributed by atoms with Crippen LogP contribution in [0.3, 0.4) is 0 Å². The Labute approximate surface area is 167 Å². The van der Waals surface area contributed by atoms with Gasteiger partial charge in [0, 0.05) is 13.1 Å². The van der Waals surface area contributed by atoms with Crippen LogP contribution in [-0.4, -0.2) is 25.5 Å². The topological polar surface area (TPSA) is 67.1 Å². The van der Waals surface area contributed by atoms with Gasteiger partial charge in [0.2, 0.25) is 0 Å². The number of hydrogen-bond donors (Lipinski definition) is 3. The van der Waals surface area contributed by atoms with Gasteiger partial charge in [-0.2, -0.15) is 0 Å². The zero-order chi connectivity index (χ0) is 18.9. The zero-order valence-electron chi connectivity index (χ0n) is 16.1. The lowest BCUT2D eigenvalue weighted by atomic mass is 9.49. The SMILES string of the molecule is NCCCNCc1ccc(Cl)c(C(=O)NCC23CC4CC(CC(C4)C2)C3)c1.